The van der Waals surface area contributed by atoms with E-state index in [0.29, 0.717) is 0 Å². The second kappa shape index (κ2) is 12.3. The monoisotopic (exact) mass is 645 g/mol. The normalized spacial score (nSPS) is 13.1. The van der Waals surface area contributed by atoms with Crippen molar-refractivity contribution in [1.82, 2.24) is 0 Å². The predicted molar refractivity (Wildman–Crippen MR) is 214 cm³/mol. The minimum Gasteiger partial charge on any atom is -0.310 e. The molecule has 1 aliphatic carbocycles. The molecular weight excluding hydrogens is 603 g/mol. The van der Waals surface area contributed by atoms with Gasteiger partial charge in [0.1, 0.15) is 0 Å². The summed E-state index contributed by atoms with van der Waals surface area (Å²) in [5.74, 6) is 0. The second-order valence-corrected chi connectivity index (χ2v) is 15.1. The van der Waals surface area contributed by atoms with E-state index in [-0.39, 0.29) is 10.8 Å². The number of nitrogens with zero attached hydrogens (tertiary/aromatic N) is 1. The highest BCUT2D eigenvalue weighted by Crippen LogP contribution is 2.50. The zero-order valence-corrected chi connectivity index (χ0v) is 29.6. The summed E-state index contributed by atoms with van der Waals surface area (Å²) in [7, 11) is 0. The minimum absolute atomic E-state index is 0.00964. The molecule has 244 valence electrons. The lowest BCUT2D eigenvalue weighted by molar-refractivity contribution is 0.591. The van der Waals surface area contributed by atoms with Crippen molar-refractivity contribution < 1.29 is 0 Å². The topological polar surface area (TPSA) is 3.24 Å². The predicted octanol–water partition coefficient (Wildman–Crippen LogP) is 13.8. The van der Waals surface area contributed by atoms with Gasteiger partial charge in [-0.2, -0.15) is 0 Å². The standard InChI is InChI=1S/C49H43N/c1-48(2,3)46-33-39(35-17-10-7-11-18-35)26-30-47(46)50(40-27-23-36(24-28-40)34-15-8-6-9-16-34)41-20-14-19-37(31-41)38-25-29-45-43(32-38)42-21-12-13-22-44(42)49(45,4)5/h6-33H,1-5H3. The molecule has 0 saturated heterocycles. The average Bonchev–Trinajstić information content (AvgIpc) is 3.38. The first-order valence-corrected chi connectivity index (χ1v) is 17.7. The van der Waals surface area contributed by atoms with E-state index in [9.17, 15) is 0 Å². The van der Waals surface area contributed by atoms with Gasteiger partial charge in [-0.25, -0.2) is 0 Å². The van der Waals surface area contributed by atoms with Gasteiger partial charge in [-0.3, -0.25) is 0 Å². The van der Waals surface area contributed by atoms with E-state index in [4.69, 9.17) is 0 Å². The lowest BCUT2D eigenvalue weighted by Crippen LogP contribution is -2.19. The molecule has 0 atom stereocenters. The van der Waals surface area contributed by atoms with Crippen molar-refractivity contribution in [1.29, 1.82) is 0 Å². The van der Waals surface area contributed by atoms with E-state index in [1.54, 1.807) is 0 Å². The Morgan fingerprint density at radius 1 is 0.400 bits per heavy atom. The quantitative estimate of drug-likeness (QED) is 0.174. The Kier molecular flexibility index (Phi) is 7.80. The van der Waals surface area contributed by atoms with Crippen molar-refractivity contribution in [3.63, 3.8) is 0 Å². The van der Waals surface area contributed by atoms with Crippen LogP contribution in [0.25, 0.3) is 44.5 Å². The van der Waals surface area contributed by atoms with Gasteiger partial charge in [0.2, 0.25) is 0 Å². The molecule has 0 aromatic heterocycles. The van der Waals surface area contributed by atoms with Crippen molar-refractivity contribution in [2.45, 2.75) is 45.4 Å². The fourth-order valence-electron chi connectivity index (χ4n) is 7.73. The van der Waals surface area contributed by atoms with Crippen LogP contribution in [0.2, 0.25) is 0 Å². The largest absolute Gasteiger partial charge is 0.310 e. The van der Waals surface area contributed by atoms with Crippen molar-refractivity contribution in [2.75, 3.05) is 4.90 Å². The van der Waals surface area contributed by atoms with Gasteiger partial charge in [-0.05, 0) is 109 Å². The molecule has 0 heterocycles. The van der Waals surface area contributed by atoms with E-state index in [2.05, 4.69) is 209 Å². The molecule has 50 heavy (non-hydrogen) atoms. The summed E-state index contributed by atoms with van der Waals surface area (Å²) in [5.41, 5.74) is 17.4. The number of hydrogen-bond donors (Lipinski definition) is 0. The summed E-state index contributed by atoms with van der Waals surface area (Å²) < 4.78 is 0. The van der Waals surface area contributed by atoms with E-state index >= 15 is 0 Å². The van der Waals surface area contributed by atoms with Gasteiger partial charge in [-0.1, -0.05) is 162 Å². The number of benzene rings is 7. The third-order valence-corrected chi connectivity index (χ3v) is 10.4. The molecule has 7 aromatic carbocycles. The molecule has 0 saturated carbocycles. The Hall–Kier alpha value is -5.66. The molecule has 0 radical (unpaired) electrons. The molecule has 0 amide bonds. The maximum absolute atomic E-state index is 2.44. The Balaban J connectivity index is 1.28. The minimum atomic E-state index is -0.0971. The van der Waals surface area contributed by atoms with Gasteiger partial charge >= 0.3 is 0 Å². The van der Waals surface area contributed by atoms with Gasteiger partial charge in [0.15, 0.2) is 0 Å². The van der Waals surface area contributed by atoms with Crippen LogP contribution in [-0.4, -0.2) is 0 Å². The summed E-state index contributed by atoms with van der Waals surface area (Å²) in [5, 5.41) is 0. The summed E-state index contributed by atoms with van der Waals surface area (Å²) in [6, 6.07) is 62.3. The number of rotatable bonds is 6. The Morgan fingerprint density at radius 3 is 1.62 bits per heavy atom. The number of fused-ring (bicyclic) bond motifs is 3. The van der Waals surface area contributed by atoms with E-state index < -0.39 is 0 Å². The highest BCUT2D eigenvalue weighted by molar-refractivity contribution is 5.87. The lowest BCUT2D eigenvalue weighted by Gasteiger charge is -2.33. The number of anilines is 3. The maximum Gasteiger partial charge on any atom is 0.0499 e. The molecule has 0 fully saturated rings. The van der Waals surface area contributed by atoms with Crippen LogP contribution in [0.15, 0.2) is 170 Å². The van der Waals surface area contributed by atoms with Gasteiger partial charge in [0, 0.05) is 22.5 Å². The van der Waals surface area contributed by atoms with E-state index in [1.807, 2.05) is 0 Å². The number of hydrogen-bond acceptors (Lipinski definition) is 1. The first-order chi connectivity index (χ1) is 24.2. The van der Waals surface area contributed by atoms with E-state index in [0.717, 1.165) is 11.4 Å². The third-order valence-electron chi connectivity index (χ3n) is 10.4. The lowest BCUT2D eigenvalue weighted by atomic mass is 9.82. The highest BCUT2D eigenvalue weighted by atomic mass is 15.1. The summed E-state index contributed by atoms with van der Waals surface area (Å²) in [6.07, 6.45) is 0. The van der Waals surface area contributed by atoms with Gasteiger partial charge in [-0.15, -0.1) is 0 Å². The Bertz CT molecular complexity index is 2310. The Morgan fingerprint density at radius 2 is 0.920 bits per heavy atom. The highest BCUT2D eigenvalue weighted by Gasteiger charge is 2.35. The van der Waals surface area contributed by atoms with Crippen LogP contribution in [0.4, 0.5) is 17.1 Å². The zero-order chi connectivity index (χ0) is 34.5. The van der Waals surface area contributed by atoms with Gasteiger partial charge < -0.3 is 4.90 Å². The molecule has 1 heteroatoms. The van der Waals surface area contributed by atoms with Crippen LogP contribution < -0.4 is 4.90 Å². The van der Waals surface area contributed by atoms with Crippen molar-refractivity contribution >= 4 is 17.1 Å². The fourth-order valence-corrected chi connectivity index (χ4v) is 7.73. The summed E-state index contributed by atoms with van der Waals surface area (Å²) >= 11 is 0. The van der Waals surface area contributed by atoms with Crippen molar-refractivity contribution in [3.05, 3.63) is 187 Å². The maximum atomic E-state index is 2.44. The van der Waals surface area contributed by atoms with Crippen molar-refractivity contribution in [2.24, 2.45) is 0 Å². The smallest absolute Gasteiger partial charge is 0.0499 e. The van der Waals surface area contributed by atoms with Crippen LogP contribution in [0.5, 0.6) is 0 Å². The zero-order valence-electron chi connectivity index (χ0n) is 29.6. The Labute approximate surface area is 297 Å². The van der Waals surface area contributed by atoms with Crippen LogP contribution >= 0.6 is 0 Å². The van der Waals surface area contributed by atoms with Crippen LogP contribution in [0.3, 0.4) is 0 Å². The molecular formula is C49H43N. The van der Waals surface area contributed by atoms with Gasteiger partial charge in [0.05, 0.1) is 0 Å². The van der Waals surface area contributed by atoms with Crippen LogP contribution in [0.1, 0.15) is 51.3 Å². The average molecular weight is 646 g/mol. The molecule has 0 spiro atoms. The van der Waals surface area contributed by atoms with Crippen LogP contribution in [0, 0.1) is 0 Å². The molecule has 8 rings (SSSR count). The second-order valence-electron chi connectivity index (χ2n) is 15.1. The first kappa shape index (κ1) is 31.6. The molecule has 0 aliphatic heterocycles. The molecule has 0 bridgehead atoms. The third kappa shape index (κ3) is 5.63. The SMILES string of the molecule is CC(C)(C)c1cc(-c2ccccc2)ccc1N(c1ccc(-c2ccccc2)cc1)c1cccc(-c2ccc3c(c2)-c2ccccc2C3(C)C)c1. The molecule has 7 aromatic rings. The van der Waals surface area contributed by atoms with E-state index in [1.165, 1.54) is 66.9 Å². The molecule has 0 unspecified atom stereocenters. The summed E-state index contributed by atoms with van der Waals surface area (Å²) in [6.45, 7) is 11.6. The first-order valence-electron chi connectivity index (χ1n) is 17.7. The van der Waals surface area contributed by atoms with Crippen LogP contribution in [-0.2, 0) is 10.8 Å². The fraction of sp³-hybridized carbons (Fsp3) is 0.143. The van der Waals surface area contributed by atoms with Crippen molar-refractivity contribution in [3.8, 4) is 44.5 Å². The molecule has 1 aliphatic rings. The molecule has 0 N–H and O–H groups in total. The summed E-state index contributed by atoms with van der Waals surface area (Å²) in [4.78, 5) is 2.44. The molecule has 1 nitrogen and oxygen atoms in total. The van der Waals surface area contributed by atoms with Gasteiger partial charge in [0.25, 0.3) is 0 Å².